The molecule has 0 atom stereocenters. The zero-order valence-corrected chi connectivity index (χ0v) is 12.0. The highest BCUT2D eigenvalue weighted by atomic mass is 32.2. The van der Waals surface area contributed by atoms with Gasteiger partial charge in [0.2, 0.25) is 10.0 Å². The van der Waals surface area contributed by atoms with Gasteiger partial charge < -0.3 is 0 Å². The van der Waals surface area contributed by atoms with Crippen LogP contribution in [0.2, 0.25) is 0 Å². The summed E-state index contributed by atoms with van der Waals surface area (Å²) < 4.78 is 28.1. The Morgan fingerprint density at radius 2 is 1.71 bits per heavy atom. The van der Waals surface area contributed by atoms with Crippen LogP contribution < -0.4 is 0 Å². The van der Waals surface area contributed by atoms with Gasteiger partial charge in [-0.3, -0.25) is 4.68 Å². The minimum atomic E-state index is -3.40. The first kappa shape index (κ1) is 14.2. The predicted molar refractivity (Wildman–Crippen MR) is 67.5 cm³/mol. The molecule has 1 heterocycles. The molecule has 1 rings (SSSR count). The summed E-state index contributed by atoms with van der Waals surface area (Å²) in [5.41, 5.74) is 1.30. The fourth-order valence-electron chi connectivity index (χ4n) is 2.05. The minimum absolute atomic E-state index is 0.364. The Labute approximate surface area is 103 Å². The van der Waals surface area contributed by atoms with Crippen molar-refractivity contribution in [3.63, 3.8) is 0 Å². The Balaban J connectivity index is 3.38. The molecule has 0 unspecified atom stereocenters. The van der Waals surface area contributed by atoms with Crippen LogP contribution in [0.1, 0.15) is 32.2 Å². The van der Waals surface area contributed by atoms with E-state index in [1.165, 1.54) is 4.31 Å². The van der Waals surface area contributed by atoms with Gasteiger partial charge in [0, 0.05) is 19.6 Å². The third-order valence-electron chi connectivity index (χ3n) is 2.92. The summed E-state index contributed by atoms with van der Waals surface area (Å²) >= 11 is 0. The van der Waals surface area contributed by atoms with Gasteiger partial charge in [0.25, 0.3) is 0 Å². The molecule has 0 radical (unpaired) electrons. The molecule has 5 nitrogen and oxygen atoms in total. The Hall–Kier alpha value is -0.880. The molecule has 0 fully saturated rings. The summed E-state index contributed by atoms with van der Waals surface area (Å²) in [7, 11) is -3.40. The van der Waals surface area contributed by atoms with Gasteiger partial charge in [0.05, 0.1) is 11.4 Å². The van der Waals surface area contributed by atoms with Gasteiger partial charge >= 0.3 is 0 Å². The van der Waals surface area contributed by atoms with Crippen molar-refractivity contribution in [2.75, 3.05) is 13.1 Å². The summed E-state index contributed by atoms with van der Waals surface area (Å²) in [6.07, 6.45) is 0. The summed E-state index contributed by atoms with van der Waals surface area (Å²) in [4.78, 5) is 0.364. The minimum Gasteiger partial charge on any atom is -0.268 e. The van der Waals surface area contributed by atoms with Crippen LogP contribution in [0.5, 0.6) is 0 Å². The summed E-state index contributed by atoms with van der Waals surface area (Å²) in [6, 6.07) is 0. The van der Waals surface area contributed by atoms with Crippen molar-refractivity contribution in [2.45, 2.75) is 46.1 Å². The van der Waals surface area contributed by atoms with Crippen LogP contribution in [0, 0.1) is 13.8 Å². The second-order valence-electron chi connectivity index (χ2n) is 3.91. The van der Waals surface area contributed by atoms with E-state index >= 15 is 0 Å². The zero-order chi connectivity index (χ0) is 13.2. The van der Waals surface area contributed by atoms with E-state index in [9.17, 15) is 8.42 Å². The van der Waals surface area contributed by atoms with Crippen LogP contribution in [-0.2, 0) is 16.6 Å². The molecule has 0 aliphatic carbocycles. The Morgan fingerprint density at radius 1 is 1.18 bits per heavy atom. The van der Waals surface area contributed by atoms with E-state index in [1.807, 2.05) is 20.8 Å². The molecule has 1 aromatic rings. The van der Waals surface area contributed by atoms with Crippen LogP contribution in [0.15, 0.2) is 4.90 Å². The highest BCUT2D eigenvalue weighted by molar-refractivity contribution is 7.89. The molecule has 0 aromatic carbocycles. The van der Waals surface area contributed by atoms with Crippen molar-refractivity contribution in [3.05, 3.63) is 11.4 Å². The molecule has 0 spiro atoms. The molecule has 6 heteroatoms. The van der Waals surface area contributed by atoms with E-state index in [2.05, 4.69) is 5.10 Å². The number of nitrogens with zero attached hydrogens (tertiary/aromatic N) is 3. The average Bonchev–Trinajstić information content (AvgIpc) is 2.55. The van der Waals surface area contributed by atoms with Crippen molar-refractivity contribution in [1.82, 2.24) is 14.1 Å². The molecule has 0 saturated carbocycles. The fraction of sp³-hybridized carbons (Fsp3) is 0.727. The SMILES string of the molecule is CCN(CC)S(=O)(=O)c1c(C)nn(CC)c1C. The van der Waals surface area contributed by atoms with Crippen LogP contribution in [-0.4, -0.2) is 35.6 Å². The highest BCUT2D eigenvalue weighted by Crippen LogP contribution is 2.23. The second-order valence-corrected chi connectivity index (χ2v) is 5.78. The van der Waals surface area contributed by atoms with Crippen molar-refractivity contribution >= 4 is 10.0 Å². The van der Waals surface area contributed by atoms with E-state index in [4.69, 9.17) is 0 Å². The lowest BCUT2D eigenvalue weighted by Gasteiger charge is -2.18. The van der Waals surface area contributed by atoms with E-state index in [0.29, 0.717) is 30.2 Å². The molecule has 98 valence electrons. The first-order valence-electron chi connectivity index (χ1n) is 5.94. The molecular formula is C11H21N3O2S. The Kier molecular flexibility index (Phi) is 4.32. The number of rotatable bonds is 5. The van der Waals surface area contributed by atoms with Crippen LogP contribution >= 0.6 is 0 Å². The summed E-state index contributed by atoms with van der Waals surface area (Å²) in [6.45, 7) is 10.8. The van der Waals surface area contributed by atoms with E-state index in [0.717, 1.165) is 5.69 Å². The molecule has 1 aromatic heterocycles. The molecule has 17 heavy (non-hydrogen) atoms. The van der Waals surface area contributed by atoms with Gasteiger partial charge in [0.1, 0.15) is 4.90 Å². The normalized spacial score (nSPS) is 12.4. The van der Waals surface area contributed by atoms with E-state index in [1.54, 1.807) is 18.5 Å². The van der Waals surface area contributed by atoms with Gasteiger partial charge in [-0.25, -0.2) is 8.42 Å². The van der Waals surface area contributed by atoms with Crippen LogP contribution in [0.25, 0.3) is 0 Å². The van der Waals surface area contributed by atoms with Crippen molar-refractivity contribution in [3.8, 4) is 0 Å². The lowest BCUT2D eigenvalue weighted by Crippen LogP contribution is -2.31. The molecule has 0 amide bonds. The third-order valence-corrected chi connectivity index (χ3v) is 5.22. The summed E-state index contributed by atoms with van der Waals surface area (Å²) in [5, 5.41) is 4.26. The Bertz CT molecular complexity index is 487. The molecule has 0 aliphatic heterocycles. The topological polar surface area (TPSA) is 55.2 Å². The quantitative estimate of drug-likeness (QED) is 0.806. The number of sulfonamides is 1. The standard InChI is InChI=1S/C11H21N3O2S/c1-6-13(7-2)17(15,16)11-9(4)12-14(8-3)10(11)5/h6-8H2,1-5H3. The van der Waals surface area contributed by atoms with Crippen LogP contribution in [0.3, 0.4) is 0 Å². The lowest BCUT2D eigenvalue weighted by atomic mass is 10.4. The predicted octanol–water partition coefficient (Wildman–Crippen LogP) is 1.55. The smallest absolute Gasteiger partial charge is 0.246 e. The molecule has 0 aliphatic rings. The van der Waals surface area contributed by atoms with Crippen molar-refractivity contribution in [1.29, 1.82) is 0 Å². The molecular weight excluding hydrogens is 238 g/mol. The number of hydrogen-bond acceptors (Lipinski definition) is 3. The first-order valence-corrected chi connectivity index (χ1v) is 7.38. The van der Waals surface area contributed by atoms with E-state index < -0.39 is 10.0 Å². The number of aryl methyl sites for hydroxylation is 2. The molecule has 0 saturated heterocycles. The van der Waals surface area contributed by atoms with Crippen molar-refractivity contribution in [2.24, 2.45) is 0 Å². The van der Waals surface area contributed by atoms with Crippen molar-refractivity contribution < 1.29 is 8.42 Å². The van der Waals surface area contributed by atoms with Gasteiger partial charge in [-0.05, 0) is 20.8 Å². The van der Waals surface area contributed by atoms with Crippen LogP contribution in [0.4, 0.5) is 0 Å². The highest BCUT2D eigenvalue weighted by Gasteiger charge is 2.28. The third kappa shape index (κ3) is 2.37. The maximum Gasteiger partial charge on any atom is 0.246 e. The first-order chi connectivity index (χ1) is 7.89. The largest absolute Gasteiger partial charge is 0.268 e. The number of aromatic nitrogens is 2. The van der Waals surface area contributed by atoms with Gasteiger partial charge in [0.15, 0.2) is 0 Å². The van der Waals surface area contributed by atoms with E-state index in [-0.39, 0.29) is 0 Å². The fourth-order valence-corrected chi connectivity index (χ4v) is 3.89. The monoisotopic (exact) mass is 259 g/mol. The summed E-state index contributed by atoms with van der Waals surface area (Å²) in [5.74, 6) is 0. The van der Waals surface area contributed by atoms with Gasteiger partial charge in [-0.2, -0.15) is 9.40 Å². The van der Waals surface area contributed by atoms with Gasteiger partial charge in [-0.15, -0.1) is 0 Å². The average molecular weight is 259 g/mol. The van der Waals surface area contributed by atoms with Gasteiger partial charge in [-0.1, -0.05) is 13.8 Å². The maximum atomic E-state index is 12.4. The lowest BCUT2D eigenvalue weighted by molar-refractivity contribution is 0.444. The second kappa shape index (κ2) is 5.18. The molecule has 0 N–H and O–H groups in total. The zero-order valence-electron chi connectivity index (χ0n) is 11.2. The molecule has 0 bridgehead atoms. The number of hydrogen-bond donors (Lipinski definition) is 0. The Morgan fingerprint density at radius 3 is 2.06 bits per heavy atom. The maximum absolute atomic E-state index is 12.4.